The first kappa shape index (κ1) is 17.0. The van der Waals surface area contributed by atoms with Gasteiger partial charge in [0.1, 0.15) is 0 Å². The zero-order chi connectivity index (χ0) is 18.0. The Bertz CT molecular complexity index is 822. The van der Waals surface area contributed by atoms with Gasteiger partial charge in [0.25, 0.3) is 5.91 Å². The molecule has 0 aromatic heterocycles. The van der Waals surface area contributed by atoms with Gasteiger partial charge in [-0.2, -0.15) is 0 Å². The van der Waals surface area contributed by atoms with Crippen molar-refractivity contribution in [1.29, 1.82) is 0 Å². The summed E-state index contributed by atoms with van der Waals surface area (Å²) in [7, 11) is 0. The van der Waals surface area contributed by atoms with Crippen LogP contribution < -0.4 is 4.90 Å². The van der Waals surface area contributed by atoms with Crippen LogP contribution in [0.4, 0.5) is 5.69 Å². The van der Waals surface area contributed by atoms with Gasteiger partial charge < -0.3 is 5.11 Å². The zero-order valence-corrected chi connectivity index (χ0v) is 14.4. The summed E-state index contributed by atoms with van der Waals surface area (Å²) in [6, 6.07) is 16.4. The predicted molar refractivity (Wildman–Crippen MR) is 97.4 cm³/mol. The summed E-state index contributed by atoms with van der Waals surface area (Å²) >= 11 is 0. The fraction of sp³-hybridized carbons (Fsp3) is 0.238. The maximum Gasteiger partial charge on any atom is 0.294 e. The Balaban J connectivity index is 2.13. The summed E-state index contributed by atoms with van der Waals surface area (Å²) in [5.41, 5.74) is 2.81. The van der Waals surface area contributed by atoms with E-state index in [1.807, 2.05) is 54.6 Å². The van der Waals surface area contributed by atoms with Gasteiger partial charge in [-0.3, -0.25) is 14.5 Å². The molecule has 0 bridgehead atoms. The molecule has 0 aliphatic carbocycles. The van der Waals surface area contributed by atoms with E-state index in [0.29, 0.717) is 5.69 Å². The van der Waals surface area contributed by atoms with E-state index in [1.54, 1.807) is 6.92 Å². The second-order valence-electron chi connectivity index (χ2n) is 6.05. The lowest BCUT2D eigenvalue weighted by Gasteiger charge is -2.27. The molecule has 128 valence electrons. The number of hydrogen-bond acceptors (Lipinski definition) is 3. The molecule has 1 N–H and O–H groups in total. The second-order valence-corrected chi connectivity index (χ2v) is 6.05. The van der Waals surface area contributed by atoms with Crippen LogP contribution in [0.25, 0.3) is 0 Å². The summed E-state index contributed by atoms with van der Waals surface area (Å²) < 4.78 is 0. The molecule has 0 radical (unpaired) electrons. The van der Waals surface area contributed by atoms with E-state index in [9.17, 15) is 14.7 Å². The third-order valence-electron chi connectivity index (χ3n) is 4.57. The lowest BCUT2D eigenvalue weighted by atomic mass is 9.95. The molecule has 1 unspecified atom stereocenters. The standard InChI is InChI=1S/C21H21NO3/c1-3-14-10-12-16(13-11-14)22-19(15-8-6-5-7-9-15)18(17(23)4-2)20(24)21(22)25/h5-13,19,24H,3-4H2,1-2H3. The van der Waals surface area contributed by atoms with Crippen LogP contribution in [0.3, 0.4) is 0 Å². The van der Waals surface area contributed by atoms with E-state index in [1.165, 1.54) is 4.90 Å². The number of carbonyl (C=O) groups excluding carboxylic acids is 2. The number of Topliss-reactive ketones (excluding diaryl/α,β-unsaturated/α-hetero) is 1. The lowest BCUT2D eigenvalue weighted by molar-refractivity contribution is -0.118. The molecule has 1 atom stereocenters. The zero-order valence-electron chi connectivity index (χ0n) is 14.4. The minimum Gasteiger partial charge on any atom is -0.503 e. The lowest BCUT2D eigenvalue weighted by Crippen LogP contribution is -2.30. The molecule has 2 aromatic carbocycles. The number of rotatable bonds is 5. The van der Waals surface area contributed by atoms with E-state index >= 15 is 0 Å². The Morgan fingerprint density at radius 3 is 2.24 bits per heavy atom. The van der Waals surface area contributed by atoms with Crippen molar-refractivity contribution in [1.82, 2.24) is 0 Å². The van der Waals surface area contributed by atoms with Gasteiger partial charge in [-0.05, 0) is 29.7 Å². The van der Waals surface area contributed by atoms with Crippen molar-refractivity contribution >= 4 is 17.4 Å². The molecule has 0 spiro atoms. The number of benzene rings is 2. The minimum atomic E-state index is -0.603. The van der Waals surface area contributed by atoms with E-state index < -0.39 is 17.7 Å². The highest BCUT2D eigenvalue weighted by Gasteiger charge is 2.43. The molecule has 1 heterocycles. The largest absolute Gasteiger partial charge is 0.503 e. The number of carbonyl (C=O) groups is 2. The Kier molecular flexibility index (Phi) is 4.70. The van der Waals surface area contributed by atoms with Crippen molar-refractivity contribution < 1.29 is 14.7 Å². The molecule has 1 amide bonds. The Hall–Kier alpha value is -2.88. The third kappa shape index (κ3) is 2.95. The van der Waals surface area contributed by atoms with Gasteiger partial charge in [-0.1, -0.05) is 56.3 Å². The van der Waals surface area contributed by atoms with Gasteiger partial charge >= 0.3 is 0 Å². The van der Waals surface area contributed by atoms with Crippen LogP contribution in [0.1, 0.15) is 37.4 Å². The minimum absolute atomic E-state index is 0.179. The predicted octanol–water partition coefficient (Wildman–Crippen LogP) is 4.13. The second kappa shape index (κ2) is 6.93. The van der Waals surface area contributed by atoms with Crippen LogP contribution in [0.15, 0.2) is 65.9 Å². The van der Waals surface area contributed by atoms with Crippen molar-refractivity contribution in [2.45, 2.75) is 32.7 Å². The molecular formula is C21H21NO3. The van der Waals surface area contributed by atoms with Gasteiger partial charge in [0, 0.05) is 12.1 Å². The fourth-order valence-corrected chi connectivity index (χ4v) is 3.19. The van der Waals surface area contributed by atoms with Gasteiger partial charge in [0.15, 0.2) is 11.5 Å². The molecule has 1 aliphatic rings. The highest BCUT2D eigenvalue weighted by molar-refractivity contribution is 6.16. The number of aryl methyl sites for hydroxylation is 1. The average Bonchev–Trinajstić information content (AvgIpc) is 2.93. The number of nitrogens with zero attached hydrogens (tertiary/aromatic N) is 1. The van der Waals surface area contributed by atoms with E-state index in [2.05, 4.69) is 6.92 Å². The van der Waals surface area contributed by atoms with Crippen molar-refractivity contribution in [3.05, 3.63) is 77.1 Å². The smallest absolute Gasteiger partial charge is 0.294 e. The SMILES string of the molecule is CCC(=O)C1=C(O)C(=O)N(c2ccc(CC)cc2)C1c1ccccc1. The molecule has 4 heteroatoms. The van der Waals surface area contributed by atoms with Gasteiger partial charge in [0.2, 0.25) is 0 Å². The number of amides is 1. The van der Waals surface area contributed by atoms with Crippen LogP contribution in [0.2, 0.25) is 0 Å². The van der Waals surface area contributed by atoms with Crippen LogP contribution in [-0.2, 0) is 16.0 Å². The van der Waals surface area contributed by atoms with E-state index in [-0.39, 0.29) is 17.8 Å². The molecule has 4 nitrogen and oxygen atoms in total. The summed E-state index contributed by atoms with van der Waals surface area (Å²) in [4.78, 5) is 26.7. The molecule has 0 saturated carbocycles. The van der Waals surface area contributed by atoms with Gasteiger partial charge in [-0.25, -0.2) is 0 Å². The van der Waals surface area contributed by atoms with Crippen molar-refractivity contribution in [2.75, 3.05) is 4.90 Å². The first-order chi connectivity index (χ1) is 12.1. The summed E-state index contributed by atoms with van der Waals surface area (Å²) in [6.45, 7) is 3.79. The average molecular weight is 335 g/mol. The van der Waals surface area contributed by atoms with Crippen molar-refractivity contribution in [3.63, 3.8) is 0 Å². The first-order valence-corrected chi connectivity index (χ1v) is 8.52. The van der Waals surface area contributed by atoms with Crippen LogP contribution in [-0.4, -0.2) is 16.8 Å². The maximum absolute atomic E-state index is 12.7. The molecule has 25 heavy (non-hydrogen) atoms. The Morgan fingerprint density at radius 1 is 1.04 bits per heavy atom. The number of ketones is 1. The molecular weight excluding hydrogens is 314 g/mol. The summed E-state index contributed by atoms with van der Waals surface area (Å²) in [5, 5.41) is 10.4. The summed E-state index contributed by atoms with van der Waals surface area (Å²) in [6.07, 6.45) is 1.14. The topological polar surface area (TPSA) is 57.6 Å². The molecule has 1 aliphatic heterocycles. The quantitative estimate of drug-likeness (QED) is 0.894. The fourth-order valence-electron chi connectivity index (χ4n) is 3.19. The normalized spacial score (nSPS) is 17.3. The monoisotopic (exact) mass is 335 g/mol. The van der Waals surface area contributed by atoms with Crippen LogP contribution in [0.5, 0.6) is 0 Å². The molecule has 3 rings (SSSR count). The van der Waals surface area contributed by atoms with Crippen molar-refractivity contribution in [2.24, 2.45) is 0 Å². The maximum atomic E-state index is 12.7. The Labute approximate surface area is 147 Å². The van der Waals surface area contributed by atoms with E-state index in [4.69, 9.17) is 0 Å². The number of anilines is 1. The highest BCUT2D eigenvalue weighted by Crippen LogP contribution is 2.41. The number of aliphatic hydroxyl groups excluding tert-OH is 1. The van der Waals surface area contributed by atoms with Crippen LogP contribution >= 0.6 is 0 Å². The first-order valence-electron chi connectivity index (χ1n) is 8.52. The molecule has 2 aromatic rings. The number of aliphatic hydroxyl groups is 1. The third-order valence-corrected chi connectivity index (χ3v) is 4.57. The number of hydrogen-bond donors (Lipinski definition) is 1. The van der Waals surface area contributed by atoms with Gasteiger partial charge in [0.05, 0.1) is 11.6 Å². The van der Waals surface area contributed by atoms with E-state index in [0.717, 1.165) is 17.5 Å². The molecule has 0 saturated heterocycles. The van der Waals surface area contributed by atoms with Crippen molar-refractivity contribution in [3.8, 4) is 0 Å². The molecule has 0 fully saturated rings. The Morgan fingerprint density at radius 2 is 1.68 bits per heavy atom. The highest BCUT2D eigenvalue weighted by atomic mass is 16.3. The summed E-state index contributed by atoms with van der Waals surface area (Å²) in [5.74, 6) is -1.19. The van der Waals surface area contributed by atoms with Gasteiger partial charge in [-0.15, -0.1) is 0 Å². The van der Waals surface area contributed by atoms with Crippen LogP contribution in [0, 0.1) is 0 Å².